The molecule has 0 unspecified atom stereocenters. The number of ether oxygens (including phenoxy) is 1. The summed E-state index contributed by atoms with van der Waals surface area (Å²) in [7, 11) is 0. The molecule has 0 amide bonds. The lowest BCUT2D eigenvalue weighted by Crippen LogP contribution is -2.13. The van der Waals surface area contributed by atoms with E-state index < -0.39 is 0 Å². The van der Waals surface area contributed by atoms with Gasteiger partial charge in [0, 0.05) is 6.54 Å². The van der Waals surface area contributed by atoms with Crippen LogP contribution in [0.1, 0.15) is 18.3 Å². The maximum absolute atomic E-state index is 5.44. The Kier molecular flexibility index (Phi) is 4.10. The summed E-state index contributed by atoms with van der Waals surface area (Å²) in [5.74, 6) is 1.75. The fourth-order valence-corrected chi connectivity index (χ4v) is 1.55. The van der Waals surface area contributed by atoms with Crippen LogP contribution in [0.5, 0.6) is 5.75 Å². The van der Waals surface area contributed by atoms with Crippen LogP contribution >= 0.6 is 0 Å². The average molecular weight is 232 g/mol. The van der Waals surface area contributed by atoms with Crippen molar-refractivity contribution in [3.05, 3.63) is 42.0 Å². The van der Waals surface area contributed by atoms with E-state index in [-0.39, 0.29) is 0 Å². The molecule has 0 bridgehead atoms. The Bertz CT molecular complexity index is 442. The number of H-pyrrole nitrogens is 1. The second-order valence-electron chi connectivity index (χ2n) is 3.62. The Morgan fingerprint density at radius 2 is 2.29 bits per heavy atom. The van der Waals surface area contributed by atoms with E-state index in [1.165, 1.54) is 11.9 Å². The van der Waals surface area contributed by atoms with Gasteiger partial charge in [-0.15, -0.1) is 0 Å². The number of nitrogens with one attached hydrogen (secondary N) is 2. The van der Waals surface area contributed by atoms with E-state index in [9.17, 15) is 0 Å². The number of rotatable bonds is 6. The van der Waals surface area contributed by atoms with Gasteiger partial charge in [-0.3, -0.25) is 5.10 Å². The number of nitrogens with zero attached hydrogens (tertiary/aromatic N) is 2. The van der Waals surface area contributed by atoms with Crippen molar-refractivity contribution in [2.45, 2.75) is 20.0 Å². The van der Waals surface area contributed by atoms with Crippen LogP contribution in [0.15, 0.2) is 30.6 Å². The maximum atomic E-state index is 5.44. The molecular formula is C12H16N4O. The van der Waals surface area contributed by atoms with E-state index in [0.29, 0.717) is 13.2 Å². The highest BCUT2D eigenvalue weighted by Gasteiger charge is 1.98. The largest absolute Gasteiger partial charge is 0.494 e. The molecule has 0 saturated carbocycles. The third-order valence-corrected chi connectivity index (χ3v) is 2.30. The number of aromatic nitrogens is 3. The quantitative estimate of drug-likeness (QED) is 0.792. The standard InChI is InChI=1S/C12H16N4O/c1-2-17-11-5-3-4-10(6-11)7-13-8-12-14-9-15-16-12/h3-6,9,13H,2,7-8H2,1H3,(H,14,15,16). The Balaban J connectivity index is 1.84. The van der Waals surface area contributed by atoms with Crippen molar-refractivity contribution in [2.75, 3.05) is 6.61 Å². The molecule has 5 nitrogen and oxygen atoms in total. The van der Waals surface area contributed by atoms with Crippen LogP contribution in [0.2, 0.25) is 0 Å². The Hall–Kier alpha value is -1.88. The molecule has 0 aliphatic carbocycles. The summed E-state index contributed by atoms with van der Waals surface area (Å²) in [4.78, 5) is 4.04. The smallest absolute Gasteiger partial charge is 0.138 e. The van der Waals surface area contributed by atoms with Crippen LogP contribution in [-0.2, 0) is 13.1 Å². The van der Waals surface area contributed by atoms with Gasteiger partial charge in [-0.05, 0) is 24.6 Å². The predicted octanol–water partition coefficient (Wildman–Crippen LogP) is 1.49. The van der Waals surface area contributed by atoms with Crippen molar-refractivity contribution in [1.82, 2.24) is 20.5 Å². The molecular weight excluding hydrogens is 216 g/mol. The van der Waals surface area contributed by atoms with Gasteiger partial charge in [0.1, 0.15) is 17.9 Å². The number of hydrogen-bond acceptors (Lipinski definition) is 4. The zero-order valence-electron chi connectivity index (χ0n) is 9.81. The fraction of sp³-hybridized carbons (Fsp3) is 0.333. The fourth-order valence-electron chi connectivity index (χ4n) is 1.55. The van der Waals surface area contributed by atoms with Gasteiger partial charge < -0.3 is 10.1 Å². The molecule has 90 valence electrons. The number of aromatic amines is 1. The van der Waals surface area contributed by atoms with Crippen LogP contribution < -0.4 is 10.1 Å². The Morgan fingerprint density at radius 1 is 1.35 bits per heavy atom. The highest BCUT2D eigenvalue weighted by atomic mass is 16.5. The first kappa shape index (κ1) is 11.6. The van der Waals surface area contributed by atoms with Crippen LogP contribution in [0.25, 0.3) is 0 Å². The molecule has 17 heavy (non-hydrogen) atoms. The number of hydrogen-bond donors (Lipinski definition) is 2. The molecule has 0 spiro atoms. The second kappa shape index (κ2) is 6.00. The molecule has 1 aromatic heterocycles. The average Bonchev–Trinajstić information content (AvgIpc) is 2.83. The molecule has 1 heterocycles. The minimum absolute atomic E-state index is 0.679. The lowest BCUT2D eigenvalue weighted by atomic mass is 10.2. The summed E-state index contributed by atoms with van der Waals surface area (Å²) in [6.45, 7) is 4.13. The zero-order chi connectivity index (χ0) is 11.9. The van der Waals surface area contributed by atoms with Gasteiger partial charge in [0.15, 0.2) is 0 Å². The lowest BCUT2D eigenvalue weighted by Gasteiger charge is -2.06. The van der Waals surface area contributed by atoms with E-state index in [4.69, 9.17) is 4.74 Å². The van der Waals surface area contributed by atoms with Crippen LogP contribution in [0, 0.1) is 0 Å². The highest BCUT2D eigenvalue weighted by Crippen LogP contribution is 2.12. The first-order valence-electron chi connectivity index (χ1n) is 5.65. The molecule has 0 saturated heterocycles. The minimum atomic E-state index is 0.679. The maximum Gasteiger partial charge on any atom is 0.138 e. The second-order valence-corrected chi connectivity index (χ2v) is 3.62. The van der Waals surface area contributed by atoms with Crippen molar-refractivity contribution >= 4 is 0 Å². The van der Waals surface area contributed by atoms with Gasteiger partial charge in [0.2, 0.25) is 0 Å². The monoisotopic (exact) mass is 232 g/mol. The predicted molar refractivity (Wildman–Crippen MR) is 64.5 cm³/mol. The van der Waals surface area contributed by atoms with Crippen molar-refractivity contribution in [2.24, 2.45) is 0 Å². The summed E-state index contributed by atoms with van der Waals surface area (Å²) >= 11 is 0. The first-order valence-corrected chi connectivity index (χ1v) is 5.65. The normalized spacial score (nSPS) is 10.4. The minimum Gasteiger partial charge on any atom is -0.494 e. The van der Waals surface area contributed by atoms with Crippen molar-refractivity contribution < 1.29 is 4.74 Å². The molecule has 2 rings (SSSR count). The van der Waals surface area contributed by atoms with E-state index >= 15 is 0 Å². The molecule has 0 aliphatic heterocycles. The third-order valence-electron chi connectivity index (χ3n) is 2.30. The Morgan fingerprint density at radius 3 is 3.06 bits per heavy atom. The van der Waals surface area contributed by atoms with Gasteiger partial charge >= 0.3 is 0 Å². The molecule has 0 aliphatic rings. The van der Waals surface area contributed by atoms with Gasteiger partial charge in [-0.1, -0.05) is 12.1 Å². The van der Waals surface area contributed by atoms with Gasteiger partial charge in [-0.2, -0.15) is 5.10 Å². The molecule has 0 fully saturated rings. The zero-order valence-corrected chi connectivity index (χ0v) is 9.81. The van der Waals surface area contributed by atoms with E-state index in [2.05, 4.69) is 26.6 Å². The molecule has 5 heteroatoms. The van der Waals surface area contributed by atoms with Crippen LogP contribution in [0.3, 0.4) is 0 Å². The van der Waals surface area contributed by atoms with Crippen molar-refractivity contribution in [3.8, 4) is 5.75 Å². The van der Waals surface area contributed by atoms with Gasteiger partial charge in [-0.25, -0.2) is 4.98 Å². The molecule has 0 radical (unpaired) electrons. The first-order chi connectivity index (χ1) is 8.38. The summed E-state index contributed by atoms with van der Waals surface area (Å²) in [6.07, 6.45) is 1.51. The SMILES string of the molecule is CCOc1cccc(CNCc2ncn[nH]2)c1. The topological polar surface area (TPSA) is 62.8 Å². The van der Waals surface area contributed by atoms with Crippen molar-refractivity contribution in [3.63, 3.8) is 0 Å². The van der Waals surface area contributed by atoms with Crippen molar-refractivity contribution in [1.29, 1.82) is 0 Å². The summed E-state index contributed by atoms with van der Waals surface area (Å²) in [6, 6.07) is 8.06. The summed E-state index contributed by atoms with van der Waals surface area (Å²) < 4.78 is 5.44. The highest BCUT2D eigenvalue weighted by molar-refractivity contribution is 5.28. The van der Waals surface area contributed by atoms with E-state index in [1.54, 1.807) is 0 Å². The van der Waals surface area contributed by atoms with Crippen LogP contribution in [0.4, 0.5) is 0 Å². The molecule has 1 aromatic carbocycles. The van der Waals surface area contributed by atoms with Gasteiger partial charge in [0.25, 0.3) is 0 Å². The van der Waals surface area contributed by atoms with Crippen LogP contribution in [-0.4, -0.2) is 21.8 Å². The summed E-state index contributed by atoms with van der Waals surface area (Å²) in [5, 5.41) is 9.88. The third kappa shape index (κ3) is 3.57. The summed E-state index contributed by atoms with van der Waals surface area (Å²) in [5.41, 5.74) is 1.19. The lowest BCUT2D eigenvalue weighted by molar-refractivity contribution is 0.340. The van der Waals surface area contributed by atoms with Gasteiger partial charge in [0.05, 0.1) is 13.2 Å². The molecule has 2 aromatic rings. The Labute approximate surface area is 100 Å². The molecule has 0 atom stereocenters. The molecule has 2 N–H and O–H groups in total. The van der Waals surface area contributed by atoms with E-state index in [1.807, 2.05) is 25.1 Å². The number of benzene rings is 1. The van der Waals surface area contributed by atoms with E-state index in [0.717, 1.165) is 18.1 Å².